The van der Waals surface area contributed by atoms with Gasteiger partial charge < -0.3 is 10.5 Å². The number of allylic oxidation sites excluding steroid dienone is 3. The van der Waals surface area contributed by atoms with E-state index in [1.54, 1.807) is 12.1 Å². The maximum Gasteiger partial charge on any atom is 0.340 e. The second kappa shape index (κ2) is 5.68. The minimum Gasteiger partial charge on any atom is -0.465 e. The van der Waals surface area contributed by atoms with Crippen molar-refractivity contribution in [2.75, 3.05) is 12.8 Å². The van der Waals surface area contributed by atoms with Crippen LogP contribution in [0.3, 0.4) is 0 Å². The molecule has 0 saturated carbocycles. The smallest absolute Gasteiger partial charge is 0.340 e. The van der Waals surface area contributed by atoms with Gasteiger partial charge in [0.15, 0.2) is 0 Å². The fourth-order valence-electron chi connectivity index (χ4n) is 1.52. The molecular formula is C13H14BrNO2. The van der Waals surface area contributed by atoms with Crippen molar-refractivity contribution in [2.24, 2.45) is 0 Å². The third-order valence-corrected chi connectivity index (χ3v) is 2.85. The fraction of sp³-hybridized carbons (Fsp3) is 0.154. The van der Waals surface area contributed by atoms with Gasteiger partial charge in [0, 0.05) is 10.0 Å². The van der Waals surface area contributed by atoms with Gasteiger partial charge in [-0.15, -0.1) is 0 Å². The first kappa shape index (κ1) is 13.5. The van der Waals surface area contributed by atoms with Crippen molar-refractivity contribution in [2.45, 2.75) is 6.92 Å². The summed E-state index contributed by atoms with van der Waals surface area (Å²) in [6.07, 6.45) is 3.57. The second-order valence-electron chi connectivity index (χ2n) is 3.35. The van der Waals surface area contributed by atoms with Gasteiger partial charge in [-0.25, -0.2) is 4.79 Å². The van der Waals surface area contributed by atoms with Crippen molar-refractivity contribution in [3.8, 4) is 0 Å². The molecule has 90 valence electrons. The molecule has 0 unspecified atom stereocenters. The first-order valence-corrected chi connectivity index (χ1v) is 5.80. The highest BCUT2D eigenvalue weighted by atomic mass is 79.9. The molecule has 0 amide bonds. The number of nitrogens with two attached hydrogens (primary N) is 1. The van der Waals surface area contributed by atoms with Crippen molar-refractivity contribution >= 4 is 33.2 Å². The molecule has 0 aromatic heterocycles. The normalized spacial score (nSPS) is 11.1. The number of carbonyl (C=O) groups is 1. The Labute approximate surface area is 109 Å². The summed E-state index contributed by atoms with van der Waals surface area (Å²) in [4.78, 5) is 11.6. The van der Waals surface area contributed by atoms with E-state index in [9.17, 15) is 4.79 Å². The first-order chi connectivity index (χ1) is 8.04. The van der Waals surface area contributed by atoms with E-state index in [0.29, 0.717) is 11.3 Å². The van der Waals surface area contributed by atoms with Gasteiger partial charge in [-0.1, -0.05) is 34.7 Å². The summed E-state index contributed by atoms with van der Waals surface area (Å²) in [6, 6.07) is 3.49. The second-order valence-corrected chi connectivity index (χ2v) is 4.27. The van der Waals surface area contributed by atoms with Gasteiger partial charge in [0.2, 0.25) is 0 Å². The molecule has 0 fully saturated rings. The number of esters is 1. The molecule has 3 nitrogen and oxygen atoms in total. The molecule has 0 aliphatic rings. The van der Waals surface area contributed by atoms with Crippen LogP contribution in [0, 0.1) is 0 Å². The minimum absolute atomic E-state index is 0.345. The Balaban J connectivity index is 3.48. The highest BCUT2D eigenvalue weighted by Gasteiger charge is 2.15. The van der Waals surface area contributed by atoms with Gasteiger partial charge in [-0.2, -0.15) is 0 Å². The van der Waals surface area contributed by atoms with E-state index < -0.39 is 5.97 Å². The number of rotatable bonds is 3. The van der Waals surface area contributed by atoms with Crippen LogP contribution in [0.1, 0.15) is 22.8 Å². The van der Waals surface area contributed by atoms with E-state index in [-0.39, 0.29) is 0 Å². The lowest BCUT2D eigenvalue weighted by Crippen LogP contribution is -2.07. The summed E-state index contributed by atoms with van der Waals surface area (Å²) in [7, 11) is 1.33. The lowest BCUT2D eigenvalue weighted by atomic mass is 10.00. The summed E-state index contributed by atoms with van der Waals surface area (Å²) < 4.78 is 5.46. The number of hydrogen-bond donors (Lipinski definition) is 1. The van der Waals surface area contributed by atoms with Gasteiger partial charge in [0.1, 0.15) is 0 Å². The first-order valence-electron chi connectivity index (χ1n) is 5.01. The van der Waals surface area contributed by atoms with Gasteiger partial charge in [0.05, 0.1) is 18.4 Å². The fourth-order valence-corrected chi connectivity index (χ4v) is 1.98. The predicted molar refractivity (Wildman–Crippen MR) is 73.7 cm³/mol. The van der Waals surface area contributed by atoms with Gasteiger partial charge in [-0.05, 0) is 24.6 Å². The van der Waals surface area contributed by atoms with Crippen LogP contribution in [0.4, 0.5) is 5.69 Å². The Morgan fingerprint density at radius 2 is 2.06 bits per heavy atom. The maximum atomic E-state index is 11.6. The quantitative estimate of drug-likeness (QED) is 0.528. The van der Waals surface area contributed by atoms with Gasteiger partial charge >= 0.3 is 5.97 Å². The standard InChI is InChI=1S/C13H14BrNO2/c1-4-8(5-2)10-6-9(14)7-11(12(10)15)13(16)17-3/h4-7H,1,15H2,2-3H3/b8-5+. The van der Waals surface area contributed by atoms with Crippen molar-refractivity contribution in [1.29, 1.82) is 0 Å². The molecule has 0 aliphatic carbocycles. The minimum atomic E-state index is -0.454. The Morgan fingerprint density at radius 1 is 1.47 bits per heavy atom. The summed E-state index contributed by atoms with van der Waals surface area (Å²) in [6.45, 7) is 5.60. The number of hydrogen-bond acceptors (Lipinski definition) is 3. The Kier molecular flexibility index (Phi) is 4.52. The van der Waals surface area contributed by atoms with E-state index in [0.717, 1.165) is 15.6 Å². The largest absolute Gasteiger partial charge is 0.465 e. The molecule has 0 aliphatic heterocycles. The van der Waals surface area contributed by atoms with Crippen molar-refractivity contribution in [3.63, 3.8) is 0 Å². The van der Waals surface area contributed by atoms with E-state index in [1.165, 1.54) is 7.11 Å². The molecule has 1 aromatic rings. The molecule has 0 radical (unpaired) electrons. The van der Waals surface area contributed by atoms with Gasteiger partial charge in [-0.3, -0.25) is 0 Å². The number of methoxy groups -OCH3 is 1. The lowest BCUT2D eigenvalue weighted by molar-refractivity contribution is 0.0602. The van der Waals surface area contributed by atoms with Crippen LogP contribution in [0.15, 0.2) is 35.3 Å². The zero-order chi connectivity index (χ0) is 13.0. The van der Waals surface area contributed by atoms with Crippen molar-refractivity contribution < 1.29 is 9.53 Å². The number of benzene rings is 1. The zero-order valence-electron chi connectivity index (χ0n) is 9.79. The highest BCUT2D eigenvalue weighted by Crippen LogP contribution is 2.30. The van der Waals surface area contributed by atoms with E-state index in [4.69, 9.17) is 5.73 Å². The molecule has 0 heterocycles. The SMILES string of the molecule is C=C/C(=C\C)c1cc(Br)cc(C(=O)OC)c1N. The third-order valence-electron chi connectivity index (χ3n) is 2.39. The Hall–Kier alpha value is -1.55. The molecule has 4 heteroatoms. The van der Waals surface area contributed by atoms with Crippen LogP contribution in [0.25, 0.3) is 5.57 Å². The number of carbonyl (C=O) groups excluding carboxylic acids is 1. The number of halogens is 1. The molecular weight excluding hydrogens is 282 g/mol. The molecule has 17 heavy (non-hydrogen) atoms. The maximum absolute atomic E-state index is 11.6. The monoisotopic (exact) mass is 295 g/mol. The molecule has 0 bridgehead atoms. The van der Waals surface area contributed by atoms with Crippen molar-refractivity contribution in [3.05, 3.63) is 46.5 Å². The number of ether oxygens (including phenoxy) is 1. The van der Waals surface area contributed by atoms with E-state index in [1.807, 2.05) is 19.1 Å². The predicted octanol–water partition coefficient (Wildman–Crippen LogP) is 3.41. The van der Waals surface area contributed by atoms with Crippen LogP contribution in [0.2, 0.25) is 0 Å². The van der Waals surface area contributed by atoms with Crippen LogP contribution in [0.5, 0.6) is 0 Å². The summed E-state index contributed by atoms with van der Waals surface area (Å²) >= 11 is 3.35. The van der Waals surface area contributed by atoms with Crippen molar-refractivity contribution in [1.82, 2.24) is 0 Å². The van der Waals surface area contributed by atoms with Crippen LogP contribution in [-0.4, -0.2) is 13.1 Å². The van der Waals surface area contributed by atoms with E-state index in [2.05, 4.69) is 27.2 Å². The molecule has 0 atom stereocenters. The number of anilines is 1. The van der Waals surface area contributed by atoms with Crippen LogP contribution >= 0.6 is 15.9 Å². The Bertz CT molecular complexity index is 492. The van der Waals surface area contributed by atoms with Crippen LogP contribution in [-0.2, 0) is 4.74 Å². The summed E-state index contributed by atoms with van der Waals surface area (Å²) in [5, 5.41) is 0. The average Bonchev–Trinajstić information content (AvgIpc) is 2.33. The molecule has 0 saturated heterocycles. The van der Waals surface area contributed by atoms with E-state index >= 15 is 0 Å². The summed E-state index contributed by atoms with van der Waals surface area (Å²) in [5.74, 6) is -0.454. The Morgan fingerprint density at radius 3 is 2.53 bits per heavy atom. The molecule has 0 spiro atoms. The summed E-state index contributed by atoms with van der Waals surface area (Å²) in [5.41, 5.74) is 8.34. The molecule has 1 rings (SSSR count). The topological polar surface area (TPSA) is 52.3 Å². The number of nitrogen functional groups attached to an aromatic ring is 1. The lowest BCUT2D eigenvalue weighted by Gasteiger charge is -2.11. The zero-order valence-corrected chi connectivity index (χ0v) is 11.4. The molecule has 1 aromatic carbocycles. The van der Waals surface area contributed by atoms with Crippen LogP contribution < -0.4 is 5.73 Å². The molecule has 2 N–H and O–H groups in total. The third kappa shape index (κ3) is 2.77. The average molecular weight is 296 g/mol. The highest BCUT2D eigenvalue weighted by molar-refractivity contribution is 9.10. The van der Waals surface area contributed by atoms with Gasteiger partial charge in [0.25, 0.3) is 0 Å².